The Labute approximate surface area is 264 Å². The van der Waals surface area contributed by atoms with Crippen molar-refractivity contribution in [3.63, 3.8) is 0 Å². The first-order valence-electron chi connectivity index (χ1n) is 15.0. The maximum atomic E-state index is 10.7. The summed E-state index contributed by atoms with van der Waals surface area (Å²) in [5.74, 6) is 3.05. The molecule has 1 saturated heterocycles. The van der Waals surface area contributed by atoms with Gasteiger partial charge in [-0.2, -0.15) is 5.26 Å². The summed E-state index contributed by atoms with van der Waals surface area (Å²) in [5.41, 5.74) is 1.72. The Morgan fingerprint density at radius 2 is 1.80 bits per heavy atom. The summed E-state index contributed by atoms with van der Waals surface area (Å²) in [6.45, 7) is 4.34. The lowest BCUT2D eigenvalue weighted by Gasteiger charge is -2.42. The van der Waals surface area contributed by atoms with Crippen molar-refractivity contribution in [2.24, 2.45) is 0 Å². The van der Waals surface area contributed by atoms with E-state index in [1.807, 2.05) is 74.6 Å². The van der Waals surface area contributed by atoms with E-state index in [0.717, 1.165) is 30.5 Å². The molecule has 0 unspecified atom stereocenters. The lowest BCUT2D eigenvalue weighted by atomic mass is 9.90. The Hall–Kier alpha value is -4.56. The molecule has 5 rings (SSSR count). The van der Waals surface area contributed by atoms with E-state index in [-0.39, 0.29) is 6.04 Å². The van der Waals surface area contributed by atoms with Gasteiger partial charge in [0.2, 0.25) is 0 Å². The maximum absolute atomic E-state index is 10.7. The minimum Gasteiger partial charge on any atom is -0.493 e. The van der Waals surface area contributed by atoms with Crippen molar-refractivity contribution in [1.29, 1.82) is 5.26 Å². The number of hydrogen-bond donors (Lipinski definition) is 2. The van der Waals surface area contributed by atoms with Crippen LogP contribution in [0, 0.1) is 11.3 Å². The molecule has 1 aliphatic heterocycles. The topological polar surface area (TPSA) is 118 Å². The molecule has 0 bridgehead atoms. The van der Waals surface area contributed by atoms with Gasteiger partial charge in [-0.05, 0) is 75.8 Å². The molecule has 0 radical (unpaired) electrons. The smallest absolute Gasteiger partial charge is 0.169 e. The average Bonchev–Trinajstić information content (AvgIpc) is 3.05. The maximum Gasteiger partial charge on any atom is 0.169 e. The van der Waals surface area contributed by atoms with E-state index < -0.39 is 5.60 Å². The van der Waals surface area contributed by atoms with Crippen LogP contribution >= 0.6 is 0 Å². The van der Waals surface area contributed by atoms with E-state index in [1.54, 1.807) is 20.4 Å². The number of benzene rings is 3. The van der Waals surface area contributed by atoms with Crippen LogP contribution in [0.5, 0.6) is 28.7 Å². The van der Waals surface area contributed by atoms with Crippen LogP contribution < -0.4 is 24.3 Å². The number of nitrogens with one attached hydrogen (secondary N) is 1. The van der Waals surface area contributed by atoms with Crippen LogP contribution in [0.4, 0.5) is 11.4 Å². The van der Waals surface area contributed by atoms with Crippen LogP contribution in [0.1, 0.15) is 31.7 Å². The fraction of sp³-hybridized carbons (Fsp3) is 0.371. The number of hydrogen-bond acceptors (Lipinski definition) is 10. The van der Waals surface area contributed by atoms with Gasteiger partial charge in [-0.3, -0.25) is 9.88 Å². The SMILES string of the molecule is COc1cc2c(Nc3ccc(Oc4ccccc4OC)cc3)c(C#N)cnc2cc1OCCCCN(C)[C@@H]1COCC[C@@]1(C)O. The fourth-order valence-corrected chi connectivity index (χ4v) is 5.50. The second-order valence-electron chi connectivity index (χ2n) is 11.3. The molecule has 1 aliphatic rings. The van der Waals surface area contributed by atoms with Gasteiger partial charge in [-0.1, -0.05) is 12.1 Å². The zero-order valence-corrected chi connectivity index (χ0v) is 26.2. The van der Waals surface area contributed by atoms with Crippen molar-refractivity contribution in [3.8, 4) is 34.8 Å². The molecule has 1 aromatic heterocycles. The van der Waals surface area contributed by atoms with Crippen molar-refractivity contribution in [2.75, 3.05) is 52.9 Å². The van der Waals surface area contributed by atoms with E-state index in [0.29, 0.717) is 71.8 Å². The largest absolute Gasteiger partial charge is 0.493 e. The Kier molecular flexibility index (Phi) is 10.2. The number of likely N-dealkylation sites (N-methyl/N-ethyl adjacent to an activating group) is 1. The molecule has 10 nitrogen and oxygen atoms in total. The van der Waals surface area contributed by atoms with Gasteiger partial charge in [0.05, 0.1) is 55.8 Å². The highest BCUT2D eigenvalue weighted by Gasteiger charge is 2.37. The summed E-state index contributed by atoms with van der Waals surface area (Å²) in [4.78, 5) is 6.70. The zero-order valence-electron chi connectivity index (χ0n) is 26.2. The normalized spacial score (nSPS) is 17.9. The van der Waals surface area contributed by atoms with Crippen molar-refractivity contribution in [3.05, 3.63) is 72.4 Å². The van der Waals surface area contributed by atoms with E-state index in [4.69, 9.17) is 23.7 Å². The molecule has 1 fully saturated rings. The third-order valence-electron chi connectivity index (χ3n) is 8.14. The average molecular weight is 613 g/mol. The molecule has 0 amide bonds. The van der Waals surface area contributed by atoms with Gasteiger partial charge in [-0.15, -0.1) is 0 Å². The van der Waals surface area contributed by atoms with Crippen LogP contribution in [0.2, 0.25) is 0 Å². The summed E-state index contributed by atoms with van der Waals surface area (Å²) in [7, 11) is 5.22. The summed E-state index contributed by atoms with van der Waals surface area (Å²) in [6.07, 6.45) is 3.92. The number of unbranched alkanes of at least 4 members (excludes halogenated alkanes) is 1. The van der Waals surface area contributed by atoms with Gasteiger partial charge >= 0.3 is 0 Å². The molecule has 3 aromatic carbocycles. The lowest BCUT2D eigenvalue weighted by Crippen LogP contribution is -2.55. The monoisotopic (exact) mass is 612 g/mol. The Balaban J connectivity index is 1.25. The Bertz CT molecular complexity index is 1640. The van der Waals surface area contributed by atoms with Crippen molar-refractivity contribution < 1.29 is 28.8 Å². The minimum absolute atomic E-state index is 0.0235. The number of ether oxygens (including phenoxy) is 5. The summed E-state index contributed by atoms with van der Waals surface area (Å²) in [5, 5.41) is 24.7. The molecule has 10 heteroatoms. The van der Waals surface area contributed by atoms with Gasteiger partial charge in [0, 0.05) is 36.4 Å². The van der Waals surface area contributed by atoms with Gasteiger partial charge in [-0.25, -0.2) is 0 Å². The fourth-order valence-electron chi connectivity index (χ4n) is 5.50. The standard InChI is InChI=1S/C35H40N4O6/c1-35(40)15-18-43-23-33(35)39(2)16-7-8-17-44-32-20-28-27(19-31(32)42-4)34(24(21-36)22-37-28)38-25-11-13-26(14-12-25)45-30-10-6-5-9-29(30)41-3/h5-6,9-14,19-20,22,33,40H,7-8,15-18,23H2,1-4H3,(H,37,38)/t33-,35-/m1/s1. The first-order valence-corrected chi connectivity index (χ1v) is 15.0. The zero-order chi connectivity index (χ0) is 31.8. The third-order valence-corrected chi connectivity index (χ3v) is 8.14. The van der Waals surface area contributed by atoms with Crippen LogP contribution in [0.25, 0.3) is 10.9 Å². The number of methoxy groups -OCH3 is 2. The van der Waals surface area contributed by atoms with Crippen molar-refractivity contribution in [2.45, 2.75) is 37.8 Å². The number of anilines is 2. The van der Waals surface area contributed by atoms with Crippen LogP contribution in [-0.2, 0) is 4.74 Å². The van der Waals surface area contributed by atoms with Gasteiger partial charge in [0.1, 0.15) is 11.8 Å². The second kappa shape index (κ2) is 14.5. The predicted molar refractivity (Wildman–Crippen MR) is 173 cm³/mol. The molecule has 45 heavy (non-hydrogen) atoms. The Morgan fingerprint density at radius 1 is 1.04 bits per heavy atom. The molecule has 0 spiro atoms. The van der Waals surface area contributed by atoms with Gasteiger partial charge in [0.15, 0.2) is 23.0 Å². The van der Waals surface area contributed by atoms with E-state index in [1.165, 1.54) is 0 Å². The van der Waals surface area contributed by atoms with Gasteiger partial charge in [0.25, 0.3) is 0 Å². The molecule has 2 atom stereocenters. The minimum atomic E-state index is -0.747. The highest BCUT2D eigenvalue weighted by molar-refractivity contribution is 5.97. The number of para-hydroxylation sites is 2. The highest BCUT2D eigenvalue weighted by atomic mass is 16.5. The molecular weight excluding hydrogens is 572 g/mol. The predicted octanol–water partition coefficient (Wildman–Crippen LogP) is 6.29. The van der Waals surface area contributed by atoms with E-state index in [2.05, 4.69) is 21.3 Å². The third kappa shape index (κ3) is 7.57. The second-order valence-corrected chi connectivity index (χ2v) is 11.3. The number of rotatable bonds is 13. The van der Waals surface area contributed by atoms with Crippen LogP contribution in [-0.4, -0.2) is 74.3 Å². The number of nitrogens with zero attached hydrogens (tertiary/aromatic N) is 3. The molecular formula is C35H40N4O6. The quantitative estimate of drug-likeness (QED) is 0.167. The summed E-state index contributed by atoms with van der Waals surface area (Å²) in [6, 6.07) is 20.8. The first kappa shape index (κ1) is 31.9. The van der Waals surface area contributed by atoms with Crippen LogP contribution in [0.15, 0.2) is 66.9 Å². The van der Waals surface area contributed by atoms with E-state index in [9.17, 15) is 10.4 Å². The molecule has 2 N–H and O–H groups in total. The summed E-state index contributed by atoms with van der Waals surface area (Å²) < 4.78 is 28.8. The van der Waals surface area contributed by atoms with Crippen LogP contribution in [0.3, 0.4) is 0 Å². The van der Waals surface area contributed by atoms with Gasteiger partial charge < -0.3 is 34.1 Å². The number of fused-ring (bicyclic) bond motifs is 1. The van der Waals surface area contributed by atoms with E-state index >= 15 is 0 Å². The molecule has 2 heterocycles. The summed E-state index contributed by atoms with van der Waals surface area (Å²) >= 11 is 0. The number of aromatic nitrogens is 1. The number of pyridine rings is 1. The van der Waals surface area contributed by atoms with Crippen molar-refractivity contribution in [1.82, 2.24) is 9.88 Å². The Morgan fingerprint density at radius 3 is 2.51 bits per heavy atom. The molecule has 4 aromatic rings. The lowest BCUT2D eigenvalue weighted by molar-refractivity contribution is -0.113. The highest BCUT2D eigenvalue weighted by Crippen LogP contribution is 2.38. The molecule has 0 saturated carbocycles. The molecule has 236 valence electrons. The number of nitriles is 1. The number of aliphatic hydroxyl groups is 1. The van der Waals surface area contributed by atoms with Crippen molar-refractivity contribution >= 4 is 22.3 Å². The molecule has 0 aliphatic carbocycles. The first-order chi connectivity index (χ1) is 21.8.